The van der Waals surface area contributed by atoms with Crippen LogP contribution in [0.15, 0.2) is 28.8 Å². The molecule has 0 saturated heterocycles. The van der Waals surface area contributed by atoms with Crippen molar-refractivity contribution in [3.8, 4) is 11.3 Å². The van der Waals surface area contributed by atoms with Gasteiger partial charge < -0.3 is 9.52 Å². The van der Waals surface area contributed by atoms with Gasteiger partial charge in [-0.1, -0.05) is 0 Å². The van der Waals surface area contributed by atoms with Crippen molar-refractivity contribution in [3.63, 3.8) is 0 Å². The molecule has 2 heterocycles. The minimum Gasteiger partial charge on any atom is -0.441 e. The standard InChI is InChI=1S/C21H24FN3O2/c1-12-16(11-25(24-12)10-15-4-5-15)8-20-21(27-14(3)23-20)18-7-6-17(22)9-19(18)13(2)26/h6-7,9,11,13,15,26H,4-5,8,10H2,1-3H3. The smallest absolute Gasteiger partial charge is 0.192 e. The molecular formula is C21H24FN3O2. The number of aliphatic hydroxyl groups excluding tert-OH is 1. The van der Waals surface area contributed by atoms with Gasteiger partial charge in [0, 0.05) is 31.6 Å². The molecule has 0 spiro atoms. The van der Waals surface area contributed by atoms with Gasteiger partial charge in [0.15, 0.2) is 11.7 Å². The Morgan fingerprint density at radius 2 is 2.11 bits per heavy atom. The fraction of sp³-hybridized carbons (Fsp3) is 0.429. The van der Waals surface area contributed by atoms with E-state index in [4.69, 9.17) is 4.42 Å². The van der Waals surface area contributed by atoms with Gasteiger partial charge in [0.2, 0.25) is 0 Å². The first kappa shape index (κ1) is 17.9. The molecule has 1 unspecified atom stereocenters. The van der Waals surface area contributed by atoms with Gasteiger partial charge in [-0.25, -0.2) is 9.37 Å². The SMILES string of the molecule is Cc1nc(Cc2cn(CC3CC3)nc2C)c(-c2ccc(F)cc2C(C)O)o1. The van der Waals surface area contributed by atoms with E-state index < -0.39 is 6.10 Å². The maximum Gasteiger partial charge on any atom is 0.192 e. The summed E-state index contributed by atoms with van der Waals surface area (Å²) >= 11 is 0. The van der Waals surface area contributed by atoms with E-state index in [1.165, 1.54) is 25.0 Å². The minimum atomic E-state index is -0.808. The molecule has 1 aliphatic rings. The summed E-state index contributed by atoms with van der Waals surface area (Å²) in [5.74, 6) is 1.50. The molecule has 1 saturated carbocycles. The van der Waals surface area contributed by atoms with Crippen molar-refractivity contribution in [2.75, 3.05) is 0 Å². The summed E-state index contributed by atoms with van der Waals surface area (Å²) in [6, 6.07) is 4.37. The number of nitrogens with zero attached hydrogens (tertiary/aromatic N) is 3. The molecule has 0 amide bonds. The van der Waals surface area contributed by atoms with Crippen LogP contribution in [0.4, 0.5) is 4.39 Å². The van der Waals surface area contributed by atoms with Gasteiger partial charge in [-0.3, -0.25) is 4.68 Å². The highest BCUT2D eigenvalue weighted by Gasteiger charge is 2.24. The molecule has 1 atom stereocenters. The topological polar surface area (TPSA) is 64.1 Å². The van der Waals surface area contributed by atoms with Crippen molar-refractivity contribution in [1.29, 1.82) is 0 Å². The van der Waals surface area contributed by atoms with E-state index in [1.54, 1.807) is 19.9 Å². The van der Waals surface area contributed by atoms with Crippen molar-refractivity contribution in [1.82, 2.24) is 14.8 Å². The van der Waals surface area contributed by atoms with Gasteiger partial charge in [0.25, 0.3) is 0 Å². The van der Waals surface area contributed by atoms with E-state index in [0.717, 1.165) is 29.4 Å². The van der Waals surface area contributed by atoms with Gasteiger partial charge in [-0.2, -0.15) is 5.10 Å². The highest BCUT2D eigenvalue weighted by Crippen LogP contribution is 2.34. The predicted molar refractivity (Wildman–Crippen MR) is 99.8 cm³/mol. The van der Waals surface area contributed by atoms with E-state index in [2.05, 4.69) is 16.3 Å². The summed E-state index contributed by atoms with van der Waals surface area (Å²) in [7, 11) is 0. The first-order valence-electron chi connectivity index (χ1n) is 9.38. The van der Waals surface area contributed by atoms with Crippen LogP contribution in [0, 0.1) is 25.6 Å². The minimum absolute atomic E-state index is 0.385. The van der Waals surface area contributed by atoms with Crippen molar-refractivity contribution in [2.45, 2.75) is 52.7 Å². The summed E-state index contributed by atoms with van der Waals surface area (Å²) in [4.78, 5) is 4.55. The third-order valence-electron chi connectivity index (χ3n) is 5.06. The van der Waals surface area contributed by atoms with Gasteiger partial charge in [-0.15, -0.1) is 0 Å². The van der Waals surface area contributed by atoms with Gasteiger partial charge in [0.05, 0.1) is 17.5 Å². The monoisotopic (exact) mass is 369 g/mol. The maximum absolute atomic E-state index is 13.7. The van der Waals surface area contributed by atoms with Crippen LogP contribution >= 0.6 is 0 Å². The molecule has 3 aromatic rings. The molecule has 27 heavy (non-hydrogen) atoms. The highest BCUT2D eigenvalue weighted by atomic mass is 19.1. The molecule has 1 fully saturated rings. The fourth-order valence-electron chi connectivity index (χ4n) is 3.46. The molecular weight excluding hydrogens is 345 g/mol. The average molecular weight is 369 g/mol. The lowest BCUT2D eigenvalue weighted by Crippen LogP contribution is -2.00. The third kappa shape index (κ3) is 3.81. The Kier molecular flexibility index (Phi) is 4.60. The fourth-order valence-corrected chi connectivity index (χ4v) is 3.46. The highest BCUT2D eigenvalue weighted by molar-refractivity contribution is 5.65. The van der Waals surface area contributed by atoms with E-state index in [0.29, 0.717) is 29.2 Å². The van der Waals surface area contributed by atoms with Gasteiger partial charge in [-0.05, 0) is 61.9 Å². The van der Waals surface area contributed by atoms with Gasteiger partial charge >= 0.3 is 0 Å². The summed E-state index contributed by atoms with van der Waals surface area (Å²) in [6.45, 7) is 6.38. The molecule has 0 aliphatic heterocycles. The summed E-state index contributed by atoms with van der Waals surface area (Å²) < 4.78 is 21.5. The van der Waals surface area contributed by atoms with Crippen LogP contribution < -0.4 is 0 Å². The number of rotatable bonds is 6. The number of aromatic nitrogens is 3. The molecule has 142 valence electrons. The van der Waals surface area contributed by atoms with Crippen LogP contribution in [0.25, 0.3) is 11.3 Å². The number of benzene rings is 1. The number of oxazole rings is 1. The maximum atomic E-state index is 13.7. The lowest BCUT2D eigenvalue weighted by molar-refractivity contribution is 0.199. The molecule has 0 radical (unpaired) electrons. The van der Waals surface area contributed by atoms with E-state index >= 15 is 0 Å². The largest absolute Gasteiger partial charge is 0.441 e. The second-order valence-electron chi connectivity index (χ2n) is 7.50. The Balaban J connectivity index is 1.69. The van der Waals surface area contributed by atoms with Gasteiger partial charge in [0.1, 0.15) is 5.82 Å². The van der Waals surface area contributed by atoms with Crippen molar-refractivity contribution in [3.05, 3.63) is 58.6 Å². The lowest BCUT2D eigenvalue weighted by atomic mass is 9.98. The quantitative estimate of drug-likeness (QED) is 0.702. The second-order valence-corrected chi connectivity index (χ2v) is 7.50. The first-order chi connectivity index (χ1) is 12.9. The molecule has 1 N–H and O–H groups in total. The molecule has 5 nitrogen and oxygen atoms in total. The third-order valence-corrected chi connectivity index (χ3v) is 5.06. The number of aliphatic hydroxyl groups is 1. The number of hydrogen-bond donors (Lipinski definition) is 1. The zero-order valence-electron chi connectivity index (χ0n) is 15.9. The average Bonchev–Trinajstić information content (AvgIpc) is 3.25. The van der Waals surface area contributed by atoms with Crippen LogP contribution in [0.1, 0.15) is 54.3 Å². The molecule has 0 bridgehead atoms. The van der Waals surface area contributed by atoms with E-state index in [-0.39, 0.29) is 5.82 Å². The zero-order valence-corrected chi connectivity index (χ0v) is 15.9. The molecule has 4 rings (SSSR count). The number of hydrogen-bond acceptors (Lipinski definition) is 4. The molecule has 1 aromatic carbocycles. The summed E-state index contributed by atoms with van der Waals surface area (Å²) in [6.07, 6.45) is 4.43. The zero-order chi connectivity index (χ0) is 19.1. The van der Waals surface area contributed by atoms with Crippen molar-refractivity contribution < 1.29 is 13.9 Å². The summed E-state index contributed by atoms with van der Waals surface area (Å²) in [5, 5.41) is 14.7. The van der Waals surface area contributed by atoms with Crippen LogP contribution in [0.3, 0.4) is 0 Å². The van der Waals surface area contributed by atoms with Crippen LogP contribution in [-0.2, 0) is 13.0 Å². The van der Waals surface area contributed by atoms with Crippen molar-refractivity contribution in [2.24, 2.45) is 5.92 Å². The number of halogens is 1. The van der Waals surface area contributed by atoms with Crippen molar-refractivity contribution >= 4 is 0 Å². The van der Waals surface area contributed by atoms with Crippen LogP contribution in [0.5, 0.6) is 0 Å². The second kappa shape index (κ2) is 6.93. The Morgan fingerprint density at radius 3 is 2.81 bits per heavy atom. The Bertz CT molecular complexity index is 970. The Hall–Kier alpha value is -2.47. The number of aryl methyl sites for hydroxylation is 2. The lowest BCUT2D eigenvalue weighted by Gasteiger charge is -2.11. The van der Waals surface area contributed by atoms with E-state index in [9.17, 15) is 9.50 Å². The first-order valence-corrected chi connectivity index (χ1v) is 9.38. The summed E-state index contributed by atoms with van der Waals surface area (Å²) in [5.41, 5.74) is 4.02. The molecule has 1 aliphatic carbocycles. The Morgan fingerprint density at radius 1 is 1.33 bits per heavy atom. The Labute approximate surface area is 157 Å². The molecule has 6 heteroatoms. The van der Waals surface area contributed by atoms with Crippen LogP contribution in [-0.4, -0.2) is 19.9 Å². The molecule has 2 aromatic heterocycles. The van der Waals surface area contributed by atoms with Crippen LogP contribution in [0.2, 0.25) is 0 Å². The predicted octanol–water partition coefficient (Wildman–Crippen LogP) is 4.35. The van der Waals surface area contributed by atoms with E-state index in [1.807, 2.05) is 11.6 Å². The normalized spacial score (nSPS) is 15.3.